The predicted octanol–water partition coefficient (Wildman–Crippen LogP) is 5.19. The number of halogens is 2. The van der Waals surface area contributed by atoms with Gasteiger partial charge >= 0.3 is 18.2 Å². The van der Waals surface area contributed by atoms with Gasteiger partial charge in [-0.05, 0) is 81.8 Å². The lowest BCUT2D eigenvalue weighted by Gasteiger charge is -2.42. The summed E-state index contributed by atoms with van der Waals surface area (Å²) in [6, 6.07) is 5.20. The van der Waals surface area contributed by atoms with Crippen LogP contribution in [0.3, 0.4) is 0 Å². The zero-order valence-corrected chi connectivity index (χ0v) is 24.3. The molecule has 2 rings (SSSR count). The van der Waals surface area contributed by atoms with Crippen molar-refractivity contribution in [3.63, 3.8) is 0 Å². The number of benzene rings is 1. The second kappa shape index (κ2) is 11.2. The number of hydrogen-bond donors (Lipinski definition) is 0. The Morgan fingerprint density at radius 2 is 1.60 bits per heavy atom. The van der Waals surface area contributed by atoms with E-state index in [9.17, 15) is 14.4 Å². The molecule has 12 heteroatoms. The number of hydrogen-bond acceptors (Lipinski definition) is 5. The largest absolute Gasteiger partial charge is 0.443 e. The maximum absolute atomic E-state index is 13.4. The fourth-order valence-corrected chi connectivity index (χ4v) is 3.66. The van der Waals surface area contributed by atoms with Crippen LogP contribution in [0.2, 0.25) is 5.02 Å². The molecule has 0 aliphatic carbocycles. The first kappa shape index (κ1) is 29.0. The van der Waals surface area contributed by atoms with Gasteiger partial charge in [-0.1, -0.05) is 17.7 Å². The molecule has 194 valence electrons. The summed E-state index contributed by atoms with van der Waals surface area (Å²) < 4.78 is 11.9. The summed E-state index contributed by atoms with van der Waals surface area (Å²) >= 11 is 8.43. The van der Waals surface area contributed by atoms with Gasteiger partial charge in [-0.3, -0.25) is 0 Å². The molecule has 0 bridgehead atoms. The minimum atomic E-state index is -0.871. The van der Waals surface area contributed by atoms with Crippen LogP contribution < -0.4 is 0 Å². The Morgan fingerprint density at radius 3 is 2.09 bits per heavy atom. The molecule has 0 N–H and O–H groups in total. The highest BCUT2D eigenvalue weighted by atomic mass is 127. The number of carbonyl (C=O) groups excluding carboxylic acids is 3. The van der Waals surface area contributed by atoms with Crippen molar-refractivity contribution < 1.29 is 23.9 Å². The summed E-state index contributed by atoms with van der Waals surface area (Å²) in [7, 11) is 3.24. The molecule has 0 radical (unpaired) electrons. The van der Waals surface area contributed by atoms with Crippen molar-refractivity contribution in [1.29, 1.82) is 0 Å². The molecule has 1 aliphatic rings. The SMILES string of the molecule is CN1CN(/C(=N\C(=O)OC(C)(C)C)N(Cc2ccc(I)c(Cl)c2)C(=O)OC(C)(C)C)CN(C)C1=O. The minimum Gasteiger partial charge on any atom is -0.443 e. The molecule has 0 saturated carbocycles. The third-order valence-corrected chi connectivity index (χ3v) is 6.04. The van der Waals surface area contributed by atoms with E-state index in [0.717, 1.165) is 3.57 Å². The maximum atomic E-state index is 13.4. The quantitative estimate of drug-likeness (QED) is 0.256. The van der Waals surface area contributed by atoms with Crippen LogP contribution in [-0.2, 0) is 16.0 Å². The second-order valence-electron chi connectivity index (χ2n) is 10.2. The molecule has 1 aromatic rings. The van der Waals surface area contributed by atoms with Gasteiger partial charge in [0, 0.05) is 17.7 Å². The zero-order chi connectivity index (χ0) is 26.7. The number of rotatable bonds is 2. The summed E-state index contributed by atoms with van der Waals surface area (Å²) in [5.74, 6) is -0.00521. The number of ether oxygens (including phenoxy) is 2. The van der Waals surface area contributed by atoms with E-state index >= 15 is 0 Å². The van der Waals surface area contributed by atoms with Crippen LogP contribution in [0.15, 0.2) is 23.2 Å². The molecular weight excluding hydrogens is 589 g/mol. The summed E-state index contributed by atoms with van der Waals surface area (Å²) in [5.41, 5.74) is -0.896. The second-order valence-corrected chi connectivity index (χ2v) is 11.8. The standard InChI is InChI=1S/C23H33ClIN5O5/c1-22(2,3)34-19(31)26-18(29-13-27(7)20(32)28(8)14-29)30(21(33)35-23(4,5)6)12-15-9-10-17(25)16(24)11-15/h9-11H,12-14H2,1-8H3/b26-18+. The third-order valence-electron chi connectivity index (χ3n) is 4.47. The highest BCUT2D eigenvalue weighted by molar-refractivity contribution is 14.1. The molecule has 0 spiro atoms. The maximum Gasteiger partial charge on any atom is 0.437 e. The Morgan fingerprint density at radius 1 is 1.06 bits per heavy atom. The summed E-state index contributed by atoms with van der Waals surface area (Å²) in [4.78, 5) is 48.5. The highest BCUT2D eigenvalue weighted by Crippen LogP contribution is 2.23. The van der Waals surface area contributed by atoms with Gasteiger partial charge in [0.1, 0.15) is 11.2 Å². The Bertz CT molecular complexity index is 991. The van der Waals surface area contributed by atoms with Crippen molar-refractivity contribution in [2.24, 2.45) is 4.99 Å². The number of aliphatic imine (C=N–C) groups is 1. The van der Waals surface area contributed by atoms with Gasteiger partial charge in [0.2, 0.25) is 5.96 Å². The van der Waals surface area contributed by atoms with E-state index in [1.807, 2.05) is 12.1 Å². The van der Waals surface area contributed by atoms with Gasteiger partial charge < -0.3 is 24.2 Å². The van der Waals surface area contributed by atoms with Crippen molar-refractivity contribution in [2.75, 3.05) is 27.4 Å². The lowest BCUT2D eigenvalue weighted by atomic mass is 10.2. The lowest BCUT2D eigenvalue weighted by Crippen LogP contribution is -2.60. The van der Waals surface area contributed by atoms with Gasteiger partial charge in [0.25, 0.3) is 0 Å². The van der Waals surface area contributed by atoms with Crippen LogP contribution in [-0.4, -0.2) is 82.4 Å². The molecule has 1 fully saturated rings. The molecule has 35 heavy (non-hydrogen) atoms. The summed E-state index contributed by atoms with van der Waals surface area (Å²) in [6.45, 7) is 10.6. The normalized spacial score (nSPS) is 15.3. The van der Waals surface area contributed by atoms with Gasteiger partial charge in [0.05, 0.1) is 24.9 Å². The van der Waals surface area contributed by atoms with Gasteiger partial charge in [-0.15, -0.1) is 4.99 Å². The van der Waals surface area contributed by atoms with Crippen molar-refractivity contribution in [3.05, 3.63) is 32.4 Å². The van der Waals surface area contributed by atoms with E-state index < -0.39 is 23.4 Å². The Balaban J connectivity index is 2.59. The van der Waals surface area contributed by atoms with Crippen LogP contribution >= 0.6 is 34.2 Å². The average Bonchev–Trinajstić information content (AvgIpc) is 2.68. The molecule has 4 amide bonds. The lowest BCUT2D eigenvalue weighted by molar-refractivity contribution is 0.0300. The molecule has 10 nitrogen and oxygen atoms in total. The van der Waals surface area contributed by atoms with E-state index in [2.05, 4.69) is 27.6 Å². The fourth-order valence-electron chi connectivity index (χ4n) is 3.12. The molecular formula is C23H33ClIN5O5. The molecule has 0 unspecified atom stereocenters. The average molecular weight is 622 g/mol. The van der Waals surface area contributed by atoms with Gasteiger partial charge in [-0.2, -0.15) is 0 Å². The van der Waals surface area contributed by atoms with E-state index in [-0.39, 0.29) is 31.9 Å². The highest BCUT2D eigenvalue weighted by Gasteiger charge is 2.35. The minimum absolute atomic E-state index is 0.00521. The molecule has 1 aliphatic heterocycles. The summed E-state index contributed by atoms with van der Waals surface area (Å²) in [6.07, 6.45) is -1.58. The number of guanidine groups is 1. The number of urea groups is 1. The molecule has 0 atom stereocenters. The fraction of sp³-hybridized carbons (Fsp3) is 0.565. The van der Waals surface area contributed by atoms with E-state index in [1.165, 1.54) is 14.7 Å². The summed E-state index contributed by atoms with van der Waals surface area (Å²) in [5, 5.41) is 0.529. The third kappa shape index (κ3) is 8.71. The van der Waals surface area contributed by atoms with Crippen LogP contribution in [0, 0.1) is 3.57 Å². The predicted molar refractivity (Wildman–Crippen MR) is 142 cm³/mol. The zero-order valence-electron chi connectivity index (χ0n) is 21.4. The topological polar surface area (TPSA) is 95.0 Å². The number of amides is 4. The Labute approximate surface area is 225 Å². The molecule has 1 aromatic carbocycles. The number of carbonyl (C=O) groups is 3. The monoisotopic (exact) mass is 621 g/mol. The first-order valence-electron chi connectivity index (χ1n) is 10.9. The first-order chi connectivity index (χ1) is 16.0. The van der Waals surface area contributed by atoms with Crippen molar-refractivity contribution in [3.8, 4) is 0 Å². The molecule has 0 aromatic heterocycles. The first-order valence-corrected chi connectivity index (χ1v) is 12.4. The van der Waals surface area contributed by atoms with E-state index in [0.29, 0.717) is 10.6 Å². The van der Waals surface area contributed by atoms with Crippen LogP contribution in [0.25, 0.3) is 0 Å². The van der Waals surface area contributed by atoms with Crippen LogP contribution in [0.1, 0.15) is 47.1 Å². The van der Waals surface area contributed by atoms with E-state index in [1.54, 1.807) is 66.6 Å². The van der Waals surface area contributed by atoms with Gasteiger partial charge in [0.15, 0.2) is 0 Å². The molecule has 1 saturated heterocycles. The smallest absolute Gasteiger partial charge is 0.437 e. The van der Waals surface area contributed by atoms with Gasteiger partial charge in [-0.25, -0.2) is 19.3 Å². The van der Waals surface area contributed by atoms with Crippen LogP contribution in [0.4, 0.5) is 14.4 Å². The van der Waals surface area contributed by atoms with E-state index in [4.69, 9.17) is 21.1 Å². The van der Waals surface area contributed by atoms with Crippen LogP contribution in [0.5, 0.6) is 0 Å². The van der Waals surface area contributed by atoms with Crippen molar-refractivity contribution >= 4 is 58.4 Å². The van der Waals surface area contributed by atoms with Crippen molar-refractivity contribution in [2.45, 2.75) is 59.3 Å². The van der Waals surface area contributed by atoms with Crippen molar-refractivity contribution in [1.82, 2.24) is 19.6 Å². The molecule has 1 heterocycles. The Hall–Kier alpha value is -2.28. The Kier molecular flexibility index (Phi) is 9.26. The number of nitrogens with zero attached hydrogens (tertiary/aromatic N) is 5.